The highest BCUT2D eigenvalue weighted by molar-refractivity contribution is 7.92. The highest BCUT2D eigenvalue weighted by Crippen LogP contribution is 2.38. The van der Waals surface area contributed by atoms with Crippen LogP contribution in [0.15, 0.2) is 65.6 Å². The average molecular weight is 583 g/mol. The predicted molar refractivity (Wildman–Crippen MR) is 146 cm³/mol. The number of hydrogen-bond donors (Lipinski definition) is 1. The third-order valence-corrected chi connectivity index (χ3v) is 8.36. The van der Waals surface area contributed by atoms with E-state index in [1.54, 1.807) is 20.1 Å². The lowest BCUT2D eigenvalue weighted by Gasteiger charge is -2.26. The van der Waals surface area contributed by atoms with Crippen LogP contribution in [0.4, 0.5) is 18.9 Å². The second kappa shape index (κ2) is 11.9. The Hall–Kier alpha value is -3.24. The zero-order chi connectivity index (χ0) is 29.1. The number of nitrogens with zero attached hydrogens (tertiary/aromatic N) is 1. The van der Waals surface area contributed by atoms with Gasteiger partial charge in [-0.25, -0.2) is 8.42 Å². The summed E-state index contributed by atoms with van der Waals surface area (Å²) in [5.74, 6) is 0.154. The molecule has 3 aromatic rings. The van der Waals surface area contributed by atoms with E-state index in [0.717, 1.165) is 28.8 Å². The maximum Gasteiger partial charge on any atom is 0.417 e. The van der Waals surface area contributed by atoms with E-state index < -0.39 is 45.3 Å². The number of ether oxygens (including phenoxy) is 1. The van der Waals surface area contributed by atoms with E-state index in [9.17, 15) is 26.4 Å². The molecule has 0 saturated heterocycles. The van der Waals surface area contributed by atoms with Crippen LogP contribution in [0, 0.1) is 6.92 Å². The number of carbonyl (C=O) groups is 1. The molecule has 3 aromatic carbocycles. The molecule has 3 rings (SSSR count). The fraction of sp³-hybridized carbons (Fsp3) is 0.321. The molecule has 0 unspecified atom stereocenters. The number of nitrogens with one attached hydrogen (secondary N) is 1. The molecule has 0 bridgehead atoms. The fourth-order valence-corrected chi connectivity index (χ4v) is 5.88. The number of carbonyl (C=O) groups excluding carboxylic acids is 1. The van der Waals surface area contributed by atoms with Gasteiger partial charge in [-0.05, 0) is 78.9 Å². The van der Waals surface area contributed by atoms with Crippen molar-refractivity contribution in [2.45, 2.75) is 50.7 Å². The molecule has 0 aliphatic carbocycles. The summed E-state index contributed by atoms with van der Waals surface area (Å²) in [6, 6.07) is 13.2. The van der Waals surface area contributed by atoms with Gasteiger partial charge in [0.25, 0.3) is 10.0 Å². The molecule has 11 heteroatoms. The number of sulfonamides is 1. The number of rotatable bonds is 9. The SMILES string of the molecule is COc1cc(C)c([C@@H](C)NC(=O)CN(c2ccc(Cl)c(C(F)(F)F)c2)S(=O)(=O)c2ccccc2)cc1C(C)C. The second-order valence-corrected chi connectivity index (χ2v) is 11.7. The van der Waals surface area contributed by atoms with Crippen LogP contribution < -0.4 is 14.4 Å². The first-order valence-electron chi connectivity index (χ1n) is 12.1. The summed E-state index contributed by atoms with van der Waals surface area (Å²) >= 11 is 5.75. The minimum Gasteiger partial charge on any atom is -0.496 e. The minimum absolute atomic E-state index is 0.140. The minimum atomic E-state index is -4.83. The van der Waals surface area contributed by atoms with Crippen molar-refractivity contribution in [2.24, 2.45) is 0 Å². The van der Waals surface area contributed by atoms with Crippen molar-refractivity contribution in [1.29, 1.82) is 0 Å². The van der Waals surface area contributed by atoms with Crippen LogP contribution in [-0.2, 0) is 21.0 Å². The summed E-state index contributed by atoms with van der Waals surface area (Å²) < 4.78 is 73.9. The number of benzene rings is 3. The smallest absolute Gasteiger partial charge is 0.417 e. The summed E-state index contributed by atoms with van der Waals surface area (Å²) in [7, 11) is -2.84. The van der Waals surface area contributed by atoms with Gasteiger partial charge in [0.05, 0.1) is 34.3 Å². The van der Waals surface area contributed by atoms with Gasteiger partial charge < -0.3 is 10.1 Å². The number of methoxy groups -OCH3 is 1. The standard InChI is InChI=1S/C28H30ClF3N2O4S/c1-17(2)22-15-23(18(3)13-26(22)38-5)19(4)33-27(35)16-34(39(36,37)21-9-7-6-8-10-21)20-11-12-25(29)24(14-20)28(30,31)32/h6-15,17,19H,16H2,1-5H3,(H,33,35)/t19-/m1/s1. The third kappa shape index (κ3) is 6.86. The molecule has 6 nitrogen and oxygen atoms in total. The molecule has 39 heavy (non-hydrogen) atoms. The molecule has 0 aliphatic heterocycles. The molecule has 1 N–H and O–H groups in total. The van der Waals surface area contributed by atoms with Crippen LogP contribution in [0.2, 0.25) is 5.02 Å². The van der Waals surface area contributed by atoms with Gasteiger partial charge in [-0.3, -0.25) is 9.10 Å². The molecule has 0 heterocycles. The van der Waals surface area contributed by atoms with Gasteiger partial charge in [-0.1, -0.05) is 43.6 Å². The lowest BCUT2D eigenvalue weighted by Crippen LogP contribution is -2.41. The Morgan fingerprint density at radius 3 is 2.23 bits per heavy atom. The predicted octanol–water partition coefficient (Wildman–Crippen LogP) is 6.87. The van der Waals surface area contributed by atoms with E-state index in [1.165, 1.54) is 24.3 Å². The topological polar surface area (TPSA) is 75.7 Å². The second-order valence-electron chi connectivity index (χ2n) is 9.38. The zero-order valence-corrected chi connectivity index (χ0v) is 23.7. The van der Waals surface area contributed by atoms with E-state index >= 15 is 0 Å². The van der Waals surface area contributed by atoms with Gasteiger partial charge in [0, 0.05) is 0 Å². The fourth-order valence-electron chi connectivity index (χ4n) is 4.23. The zero-order valence-electron chi connectivity index (χ0n) is 22.1. The van der Waals surface area contributed by atoms with Crippen molar-refractivity contribution >= 4 is 33.2 Å². The highest BCUT2D eigenvalue weighted by Gasteiger charge is 2.35. The number of amides is 1. The molecular formula is C28H30ClF3N2O4S. The summed E-state index contributed by atoms with van der Waals surface area (Å²) in [5, 5.41) is 2.20. The third-order valence-electron chi connectivity index (χ3n) is 6.25. The van der Waals surface area contributed by atoms with Crippen LogP contribution in [-0.4, -0.2) is 28.0 Å². The Balaban J connectivity index is 2.00. The van der Waals surface area contributed by atoms with Gasteiger partial charge in [0.1, 0.15) is 12.3 Å². The number of hydrogen-bond acceptors (Lipinski definition) is 4. The first-order valence-corrected chi connectivity index (χ1v) is 13.9. The van der Waals surface area contributed by atoms with E-state index in [1.807, 2.05) is 32.9 Å². The number of aryl methyl sites for hydroxylation is 1. The molecule has 0 spiro atoms. The largest absolute Gasteiger partial charge is 0.496 e. The lowest BCUT2D eigenvalue weighted by atomic mass is 9.93. The molecule has 0 saturated carbocycles. The van der Waals surface area contributed by atoms with Crippen LogP contribution in [0.25, 0.3) is 0 Å². The monoisotopic (exact) mass is 582 g/mol. The summed E-state index contributed by atoms with van der Waals surface area (Å²) in [4.78, 5) is 13.0. The van der Waals surface area contributed by atoms with E-state index in [4.69, 9.17) is 16.3 Å². The number of anilines is 1. The highest BCUT2D eigenvalue weighted by atomic mass is 35.5. The van der Waals surface area contributed by atoms with Crippen molar-refractivity contribution in [3.63, 3.8) is 0 Å². The van der Waals surface area contributed by atoms with Crippen molar-refractivity contribution < 1.29 is 31.1 Å². The maximum atomic E-state index is 13.6. The van der Waals surface area contributed by atoms with Gasteiger partial charge >= 0.3 is 6.18 Å². The molecule has 0 fully saturated rings. The first-order chi connectivity index (χ1) is 18.2. The van der Waals surface area contributed by atoms with Crippen LogP contribution in [0.1, 0.15) is 55.0 Å². The summed E-state index contributed by atoms with van der Waals surface area (Å²) in [5.41, 5.74) is 1.04. The Morgan fingerprint density at radius 1 is 1.03 bits per heavy atom. The van der Waals surface area contributed by atoms with Crippen molar-refractivity contribution in [2.75, 3.05) is 18.0 Å². The van der Waals surface area contributed by atoms with Crippen molar-refractivity contribution in [3.05, 3.63) is 87.9 Å². The normalized spacial score (nSPS) is 12.8. The lowest BCUT2D eigenvalue weighted by molar-refractivity contribution is -0.137. The number of alkyl halides is 3. The van der Waals surface area contributed by atoms with E-state index in [-0.39, 0.29) is 16.5 Å². The number of halogens is 4. The van der Waals surface area contributed by atoms with Crippen molar-refractivity contribution in [3.8, 4) is 5.75 Å². The van der Waals surface area contributed by atoms with Crippen molar-refractivity contribution in [1.82, 2.24) is 5.32 Å². The average Bonchev–Trinajstić information content (AvgIpc) is 2.87. The molecular weight excluding hydrogens is 553 g/mol. The molecule has 0 aliphatic rings. The van der Waals surface area contributed by atoms with Gasteiger partial charge in [-0.2, -0.15) is 13.2 Å². The van der Waals surface area contributed by atoms with Gasteiger partial charge in [-0.15, -0.1) is 0 Å². The van der Waals surface area contributed by atoms with Gasteiger partial charge in [0.15, 0.2) is 0 Å². The molecule has 0 aromatic heterocycles. The van der Waals surface area contributed by atoms with E-state index in [0.29, 0.717) is 16.1 Å². The maximum absolute atomic E-state index is 13.6. The Bertz CT molecular complexity index is 1450. The first kappa shape index (κ1) is 30.3. The molecule has 1 atom stereocenters. The Kier molecular flexibility index (Phi) is 9.23. The molecule has 210 valence electrons. The summed E-state index contributed by atoms with van der Waals surface area (Å²) in [6.45, 7) is 6.87. The molecule has 0 radical (unpaired) electrons. The van der Waals surface area contributed by atoms with Gasteiger partial charge in [0.2, 0.25) is 5.91 Å². The Labute approximate surface area is 231 Å². The molecule has 1 amide bonds. The summed E-state index contributed by atoms with van der Waals surface area (Å²) in [6.07, 6.45) is -4.83. The Morgan fingerprint density at radius 2 is 1.67 bits per heavy atom. The van der Waals surface area contributed by atoms with Crippen LogP contribution in [0.3, 0.4) is 0 Å². The van der Waals surface area contributed by atoms with E-state index in [2.05, 4.69) is 5.32 Å². The quantitative estimate of drug-likeness (QED) is 0.299. The van der Waals surface area contributed by atoms with Crippen LogP contribution >= 0.6 is 11.6 Å². The van der Waals surface area contributed by atoms with Crippen LogP contribution in [0.5, 0.6) is 5.75 Å².